The lowest BCUT2D eigenvalue weighted by molar-refractivity contribution is -0.141. The fourth-order valence-corrected chi connectivity index (χ4v) is 8.66. The van der Waals surface area contributed by atoms with E-state index in [1.165, 1.54) is 0 Å². The van der Waals surface area contributed by atoms with Crippen molar-refractivity contribution >= 4 is 105 Å². The number of para-hydroxylation sites is 2. The van der Waals surface area contributed by atoms with Crippen LogP contribution in [0, 0.1) is 0 Å². The molecule has 25 N–H and O–H groups in total. The fourth-order valence-electron chi connectivity index (χ4n) is 8.66. The van der Waals surface area contributed by atoms with Gasteiger partial charge in [0.05, 0.1) is 64.1 Å². The largest absolute Gasteiger partial charge is 0.480 e. The van der Waals surface area contributed by atoms with E-state index in [4.69, 9.17) is 22.3 Å². The maximum absolute atomic E-state index is 13.6. The Bertz CT molecular complexity index is 3280. The van der Waals surface area contributed by atoms with Crippen LogP contribution >= 0.6 is 0 Å². The number of nitrogens with zero attached hydrogens (tertiary/aromatic N) is 1. The van der Waals surface area contributed by atoms with Crippen LogP contribution in [0.15, 0.2) is 65.9 Å². The number of aromatic amines is 2. The van der Waals surface area contributed by atoms with Crippen molar-refractivity contribution in [1.82, 2.24) is 73.8 Å². The number of nitrogens with one attached hydrogen (secondary N) is 14. The van der Waals surface area contributed by atoms with Crippen molar-refractivity contribution in [3.63, 3.8) is 0 Å². The van der Waals surface area contributed by atoms with Crippen LogP contribution in [0.1, 0.15) is 50.7 Å². The van der Waals surface area contributed by atoms with Gasteiger partial charge in [-0.15, -0.1) is 0 Å². The summed E-state index contributed by atoms with van der Waals surface area (Å²) in [6, 6.07) is 4.15. The quantitative estimate of drug-likeness (QED) is 0.0112. The Morgan fingerprint density at radius 1 is 0.478 bits per heavy atom. The Balaban J connectivity index is 1.26. The molecule has 0 fully saturated rings. The standard InChI is InChI=1S/C56H80N18O18/c1-28(76)47(52(87)69-23-43(80)64-24-44(81)70-39(55(91)92)18-31-20-63-37-13-6-4-10-33(31)37)73-45(82)25-66-42(79)22-68-50(85)38(14-8-16-61-56(59)60-15-7-11-34(57)54(89)90)71-51(86)40(27-75)72-53(88)48(29(2)77)74-46(83)26-65-41(78)21-67-49(84)35(58)17-30-19-62-36-12-5-3-9-32(30)36/h3-6,9-10,12-13,19-20,28-29,34-35,38-40,47-48,62-63,75-77H,7-8,11,14-18,21-27,57-58H2,1-2H3,(H,64,80)(H,65,78)(H,66,79)(H,67,84)(H,68,85)(H,69,87)(H,70,81)(H,71,86)(H,72,88)(H,73,82)(H,74,83)(H,89,90)(H,91,92)(H3,59,60,61)/t28-,29-,34+,35+,38+,39+,40+,47+,48+/m1/s1. The molecule has 36 heteroatoms. The number of benzene rings is 2. The number of carbonyl (C=O) groups is 13. The molecule has 502 valence electrons. The summed E-state index contributed by atoms with van der Waals surface area (Å²) in [6.07, 6.45) is 0.411. The molecule has 11 amide bonds. The molecule has 2 aromatic heterocycles. The molecule has 4 aromatic rings. The number of carbonyl (C=O) groups excluding carboxylic acids is 11. The maximum Gasteiger partial charge on any atom is 0.326 e. The highest BCUT2D eigenvalue weighted by Crippen LogP contribution is 2.20. The number of nitrogens with two attached hydrogens (primary N) is 3. The summed E-state index contributed by atoms with van der Waals surface area (Å²) in [4.78, 5) is 176. The van der Waals surface area contributed by atoms with Crippen molar-refractivity contribution in [1.29, 1.82) is 0 Å². The monoisotopic (exact) mass is 1290 g/mol. The lowest BCUT2D eigenvalue weighted by atomic mass is 10.1. The van der Waals surface area contributed by atoms with E-state index in [0.717, 1.165) is 41.2 Å². The Hall–Kier alpha value is -10.3. The smallest absolute Gasteiger partial charge is 0.326 e. The predicted molar refractivity (Wildman–Crippen MR) is 326 cm³/mol. The summed E-state index contributed by atoms with van der Waals surface area (Å²) >= 11 is 0. The fraction of sp³-hybridized carbons (Fsp3) is 0.464. The van der Waals surface area contributed by atoms with Crippen molar-refractivity contribution in [3.05, 3.63) is 72.1 Å². The van der Waals surface area contributed by atoms with Gasteiger partial charge in [-0.05, 0) is 69.2 Å². The summed E-state index contributed by atoms with van der Waals surface area (Å²) in [6.45, 7) is -3.16. The molecule has 92 heavy (non-hydrogen) atoms. The Labute approximate surface area is 524 Å². The number of carboxylic acid groups (broad SMARTS) is 2. The third-order valence-electron chi connectivity index (χ3n) is 13.7. The zero-order valence-electron chi connectivity index (χ0n) is 50.3. The number of carboxylic acids is 2. The number of amides is 11. The van der Waals surface area contributed by atoms with Gasteiger partial charge in [0.15, 0.2) is 5.96 Å². The van der Waals surface area contributed by atoms with Crippen molar-refractivity contribution in [3.8, 4) is 0 Å². The second kappa shape index (κ2) is 37.6. The third-order valence-corrected chi connectivity index (χ3v) is 13.7. The van der Waals surface area contributed by atoms with Crippen LogP contribution in [0.3, 0.4) is 0 Å². The minimum absolute atomic E-state index is 0.0208. The number of aliphatic hydroxyl groups excluding tert-OH is 3. The van der Waals surface area contributed by atoms with Gasteiger partial charge in [-0.2, -0.15) is 0 Å². The van der Waals surface area contributed by atoms with Crippen LogP contribution in [0.2, 0.25) is 0 Å². The topological polar surface area (TPSA) is 589 Å². The lowest BCUT2D eigenvalue weighted by Gasteiger charge is -2.25. The Morgan fingerprint density at radius 3 is 1.43 bits per heavy atom. The second-order valence-electron chi connectivity index (χ2n) is 21.0. The first-order valence-corrected chi connectivity index (χ1v) is 28.9. The summed E-state index contributed by atoms with van der Waals surface area (Å²) < 4.78 is 0. The number of aliphatic carboxylic acids is 2. The molecule has 0 spiro atoms. The van der Waals surface area contributed by atoms with Gasteiger partial charge in [0, 0.05) is 53.7 Å². The van der Waals surface area contributed by atoms with E-state index in [2.05, 4.69) is 78.8 Å². The van der Waals surface area contributed by atoms with Gasteiger partial charge in [0.25, 0.3) is 0 Å². The molecule has 2 aromatic carbocycles. The van der Waals surface area contributed by atoms with Crippen LogP contribution < -0.4 is 81.0 Å². The average molecular weight is 1290 g/mol. The molecular formula is C56H80N18O18. The van der Waals surface area contributed by atoms with Crippen LogP contribution in [0.25, 0.3) is 21.8 Å². The first kappa shape index (κ1) is 74.2. The Morgan fingerprint density at radius 2 is 0.935 bits per heavy atom. The molecule has 9 atom stereocenters. The second-order valence-corrected chi connectivity index (χ2v) is 21.0. The number of aliphatic imine (C=N–C) groups is 1. The van der Waals surface area contributed by atoms with E-state index in [1.54, 1.807) is 36.7 Å². The summed E-state index contributed by atoms with van der Waals surface area (Å²) in [7, 11) is 0. The van der Waals surface area contributed by atoms with Crippen molar-refractivity contribution < 1.29 is 87.9 Å². The number of rotatable bonds is 39. The predicted octanol–water partition coefficient (Wildman–Crippen LogP) is -8.40. The first-order chi connectivity index (χ1) is 43.7. The molecule has 4 rings (SSSR count). The number of H-pyrrole nitrogens is 2. The molecule has 0 aliphatic carbocycles. The van der Waals surface area contributed by atoms with E-state index < -0.39 is 177 Å². The minimum Gasteiger partial charge on any atom is -0.480 e. The zero-order valence-corrected chi connectivity index (χ0v) is 50.3. The van der Waals surface area contributed by atoms with E-state index in [-0.39, 0.29) is 57.6 Å². The molecule has 2 heterocycles. The average Bonchev–Trinajstić information content (AvgIpc) is 1.76. The van der Waals surface area contributed by atoms with E-state index in [9.17, 15) is 82.8 Å². The van der Waals surface area contributed by atoms with Crippen molar-refractivity contribution in [2.75, 3.05) is 59.0 Å². The molecule has 36 nitrogen and oxygen atoms in total. The molecule has 0 aliphatic heterocycles. The Kier molecular flexibility index (Phi) is 30.3. The normalized spacial score (nSPS) is 14.2. The van der Waals surface area contributed by atoms with Gasteiger partial charge in [-0.3, -0.25) is 62.5 Å². The van der Waals surface area contributed by atoms with Crippen LogP contribution in [-0.4, -0.2) is 232 Å². The lowest BCUT2D eigenvalue weighted by Crippen LogP contribution is -2.60. The molecular weight excluding hydrogens is 1210 g/mol. The number of fused-ring (bicyclic) bond motifs is 2. The summed E-state index contributed by atoms with van der Waals surface area (Å²) in [5, 5.41) is 78.7. The number of guanidine groups is 1. The molecule has 0 bridgehead atoms. The number of hydrogen-bond donors (Lipinski definition) is 22. The van der Waals surface area contributed by atoms with Gasteiger partial charge in [0.1, 0.15) is 36.3 Å². The molecule has 0 saturated carbocycles. The van der Waals surface area contributed by atoms with Crippen molar-refractivity contribution in [2.24, 2.45) is 22.2 Å². The number of aliphatic hydroxyl groups is 3. The molecule has 0 unspecified atom stereocenters. The number of aromatic nitrogens is 2. The van der Waals surface area contributed by atoms with Gasteiger partial charge < -0.3 is 117 Å². The highest BCUT2D eigenvalue weighted by atomic mass is 16.4. The summed E-state index contributed by atoms with van der Waals surface area (Å²) in [5.41, 5.74) is 20.5. The van der Waals surface area contributed by atoms with Gasteiger partial charge >= 0.3 is 11.9 Å². The van der Waals surface area contributed by atoms with Crippen LogP contribution in [0.4, 0.5) is 0 Å². The van der Waals surface area contributed by atoms with Gasteiger partial charge in [-0.1, -0.05) is 36.4 Å². The highest BCUT2D eigenvalue weighted by Gasteiger charge is 2.33. The summed E-state index contributed by atoms with van der Waals surface area (Å²) in [5.74, 6) is -13.3. The van der Waals surface area contributed by atoms with E-state index >= 15 is 0 Å². The molecule has 0 saturated heterocycles. The molecule has 0 aliphatic rings. The third kappa shape index (κ3) is 25.3. The van der Waals surface area contributed by atoms with E-state index in [0.29, 0.717) is 5.56 Å². The first-order valence-electron chi connectivity index (χ1n) is 28.9. The van der Waals surface area contributed by atoms with Crippen LogP contribution in [0.5, 0.6) is 0 Å². The highest BCUT2D eigenvalue weighted by molar-refractivity contribution is 5.98. The zero-order chi connectivity index (χ0) is 68.0. The number of hydrogen-bond acceptors (Lipinski definition) is 19. The van der Waals surface area contributed by atoms with Crippen molar-refractivity contribution in [2.45, 2.75) is 107 Å². The minimum atomic E-state index is -1.84. The van der Waals surface area contributed by atoms with Crippen LogP contribution in [-0.2, 0) is 75.2 Å². The SMILES string of the molecule is C[C@@H](O)[C@H](NC(=O)CNC(=O)CNC(=O)[C@H](CCCNC(N)=NCCC[C@H](N)C(=O)O)NC(=O)[C@H](CO)NC(=O)[C@@H](NC(=O)CNC(=O)CNC(=O)[C@@H](N)Cc1c[nH]c2ccccc12)[C@@H](C)O)C(=O)NCC(=O)NCC(=O)N[C@@H](Cc1c[nH]c2ccccc12)C(=O)O. The molecule has 0 radical (unpaired) electrons. The van der Waals surface area contributed by atoms with Gasteiger partial charge in [0.2, 0.25) is 65.0 Å². The van der Waals surface area contributed by atoms with E-state index in [1.807, 2.05) is 24.3 Å². The van der Waals surface area contributed by atoms with Gasteiger partial charge in [-0.25, -0.2) is 4.79 Å². The maximum atomic E-state index is 13.6.